The normalized spacial score (nSPS) is 15.1. The van der Waals surface area contributed by atoms with E-state index in [4.69, 9.17) is 4.42 Å². The van der Waals surface area contributed by atoms with E-state index >= 15 is 0 Å². The summed E-state index contributed by atoms with van der Waals surface area (Å²) in [5, 5.41) is 5.82. The van der Waals surface area contributed by atoms with E-state index in [0.29, 0.717) is 17.8 Å². The van der Waals surface area contributed by atoms with Gasteiger partial charge in [0, 0.05) is 24.8 Å². The number of nitrogens with zero attached hydrogens (tertiary/aromatic N) is 1. The fraction of sp³-hybridized carbons (Fsp3) is 0.294. The zero-order chi connectivity index (χ0) is 16.9. The number of carbonyl (C=O) groups excluding carboxylic acids is 2. The zero-order valence-electron chi connectivity index (χ0n) is 13.0. The Balaban J connectivity index is 1.47. The van der Waals surface area contributed by atoms with Gasteiger partial charge < -0.3 is 20.0 Å². The lowest BCUT2D eigenvalue weighted by Crippen LogP contribution is -2.47. The Morgan fingerprint density at radius 2 is 1.79 bits per heavy atom. The minimum absolute atomic E-state index is 0.0437. The SMILES string of the molecule is O=C(NC1CCN(C(=O)Nc2ccccc2)CC1)c1ccc(Br)o1. The lowest BCUT2D eigenvalue weighted by Gasteiger charge is -2.32. The summed E-state index contributed by atoms with van der Waals surface area (Å²) in [5.74, 6) is 0.0546. The lowest BCUT2D eigenvalue weighted by atomic mass is 10.1. The number of anilines is 1. The molecule has 1 aliphatic rings. The summed E-state index contributed by atoms with van der Waals surface area (Å²) < 4.78 is 5.77. The molecule has 2 aromatic rings. The van der Waals surface area contributed by atoms with Gasteiger partial charge in [0.25, 0.3) is 5.91 Å². The molecule has 3 amide bonds. The Bertz CT molecular complexity index is 709. The van der Waals surface area contributed by atoms with Gasteiger partial charge in [-0.05, 0) is 53.0 Å². The maximum Gasteiger partial charge on any atom is 0.321 e. The fourth-order valence-electron chi connectivity index (χ4n) is 2.64. The number of nitrogens with one attached hydrogen (secondary N) is 2. The van der Waals surface area contributed by atoms with Gasteiger partial charge >= 0.3 is 6.03 Å². The molecule has 1 aliphatic heterocycles. The van der Waals surface area contributed by atoms with Crippen LogP contribution in [-0.4, -0.2) is 36.0 Å². The van der Waals surface area contributed by atoms with Crippen LogP contribution < -0.4 is 10.6 Å². The first kappa shape index (κ1) is 16.6. The van der Waals surface area contributed by atoms with Crippen molar-refractivity contribution in [2.75, 3.05) is 18.4 Å². The molecule has 126 valence electrons. The molecule has 1 aromatic carbocycles. The van der Waals surface area contributed by atoms with E-state index in [1.165, 1.54) is 0 Å². The van der Waals surface area contributed by atoms with Crippen molar-refractivity contribution in [2.45, 2.75) is 18.9 Å². The van der Waals surface area contributed by atoms with Gasteiger partial charge in [-0.1, -0.05) is 18.2 Å². The average molecular weight is 392 g/mol. The number of urea groups is 1. The highest BCUT2D eigenvalue weighted by atomic mass is 79.9. The molecule has 0 saturated carbocycles. The number of hydrogen-bond donors (Lipinski definition) is 2. The van der Waals surface area contributed by atoms with Crippen molar-refractivity contribution in [3.05, 3.63) is 52.9 Å². The van der Waals surface area contributed by atoms with Gasteiger partial charge in [0.05, 0.1) is 0 Å². The monoisotopic (exact) mass is 391 g/mol. The lowest BCUT2D eigenvalue weighted by molar-refractivity contribution is 0.0890. The molecule has 3 rings (SSSR count). The Hall–Kier alpha value is -2.28. The zero-order valence-corrected chi connectivity index (χ0v) is 14.6. The maximum absolute atomic E-state index is 12.2. The number of halogens is 1. The van der Waals surface area contributed by atoms with Crippen LogP contribution in [0, 0.1) is 0 Å². The first-order valence-corrected chi connectivity index (χ1v) is 8.58. The number of hydrogen-bond acceptors (Lipinski definition) is 3. The predicted octanol–water partition coefficient (Wildman–Crippen LogP) is 3.47. The van der Waals surface area contributed by atoms with Crippen LogP contribution in [0.4, 0.5) is 10.5 Å². The third kappa shape index (κ3) is 4.17. The molecule has 0 bridgehead atoms. The van der Waals surface area contributed by atoms with E-state index in [-0.39, 0.29) is 23.7 Å². The molecule has 6 nitrogen and oxygen atoms in total. The second-order valence-corrected chi connectivity index (χ2v) is 6.42. The topological polar surface area (TPSA) is 74.6 Å². The Labute approximate surface area is 148 Å². The molecule has 0 radical (unpaired) electrons. The third-order valence-corrected chi connectivity index (χ3v) is 4.37. The summed E-state index contributed by atoms with van der Waals surface area (Å²) in [4.78, 5) is 26.1. The Kier molecular flexibility index (Phi) is 5.20. The molecular weight excluding hydrogens is 374 g/mol. The summed E-state index contributed by atoms with van der Waals surface area (Å²) in [6.45, 7) is 1.21. The molecule has 7 heteroatoms. The highest BCUT2D eigenvalue weighted by molar-refractivity contribution is 9.10. The maximum atomic E-state index is 12.2. The van der Waals surface area contributed by atoms with E-state index in [9.17, 15) is 9.59 Å². The number of rotatable bonds is 3. The smallest absolute Gasteiger partial charge is 0.321 e. The van der Waals surface area contributed by atoms with Gasteiger partial charge in [0.15, 0.2) is 10.4 Å². The largest absolute Gasteiger partial charge is 0.444 e. The van der Waals surface area contributed by atoms with Gasteiger partial charge in [0.2, 0.25) is 0 Å². The van der Waals surface area contributed by atoms with Crippen LogP contribution in [0.5, 0.6) is 0 Å². The third-order valence-electron chi connectivity index (χ3n) is 3.94. The van der Waals surface area contributed by atoms with Crippen LogP contribution in [0.1, 0.15) is 23.4 Å². The van der Waals surface area contributed by atoms with Crippen molar-refractivity contribution >= 4 is 33.6 Å². The predicted molar refractivity (Wildman–Crippen MR) is 93.9 cm³/mol. The average Bonchev–Trinajstić information content (AvgIpc) is 3.03. The van der Waals surface area contributed by atoms with Crippen molar-refractivity contribution in [3.63, 3.8) is 0 Å². The molecule has 2 heterocycles. The van der Waals surface area contributed by atoms with Crippen LogP contribution in [0.3, 0.4) is 0 Å². The molecule has 0 aliphatic carbocycles. The molecular formula is C17H18BrN3O3. The van der Waals surface area contributed by atoms with Crippen molar-refractivity contribution < 1.29 is 14.0 Å². The van der Waals surface area contributed by atoms with Gasteiger partial charge in [-0.25, -0.2) is 4.79 Å². The van der Waals surface area contributed by atoms with Crippen LogP contribution in [0.25, 0.3) is 0 Å². The minimum atomic E-state index is -0.229. The number of amides is 3. The van der Waals surface area contributed by atoms with Gasteiger partial charge in [-0.2, -0.15) is 0 Å². The van der Waals surface area contributed by atoms with E-state index in [2.05, 4.69) is 26.6 Å². The quantitative estimate of drug-likeness (QED) is 0.840. The van der Waals surface area contributed by atoms with Gasteiger partial charge in [0.1, 0.15) is 0 Å². The van der Waals surface area contributed by atoms with Crippen LogP contribution in [0.15, 0.2) is 51.6 Å². The van der Waals surface area contributed by atoms with Crippen molar-refractivity contribution in [1.82, 2.24) is 10.2 Å². The molecule has 24 heavy (non-hydrogen) atoms. The first-order valence-electron chi connectivity index (χ1n) is 7.79. The van der Waals surface area contributed by atoms with Crippen LogP contribution in [-0.2, 0) is 0 Å². The van der Waals surface area contributed by atoms with E-state index < -0.39 is 0 Å². The Morgan fingerprint density at radius 1 is 1.08 bits per heavy atom. The number of carbonyl (C=O) groups is 2. The standard InChI is InChI=1S/C17H18BrN3O3/c18-15-7-6-14(24-15)16(22)19-13-8-10-21(11-9-13)17(23)20-12-4-2-1-3-5-12/h1-7,13H,8-11H2,(H,19,22)(H,20,23). The number of para-hydroxylation sites is 1. The van der Waals surface area contributed by atoms with Crippen LogP contribution in [0.2, 0.25) is 0 Å². The molecule has 1 saturated heterocycles. The molecule has 0 atom stereocenters. The number of piperidine rings is 1. The molecule has 0 spiro atoms. The second-order valence-electron chi connectivity index (χ2n) is 5.63. The second kappa shape index (κ2) is 7.53. The van der Waals surface area contributed by atoms with Crippen molar-refractivity contribution in [1.29, 1.82) is 0 Å². The van der Waals surface area contributed by atoms with Crippen LogP contribution >= 0.6 is 15.9 Å². The highest BCUT2D eigenvalue weighted by Crippen LogP contribution is 2.16. The van der Waals surface area contributed by atoms with Gasteiger partial charge in [-0.15, -0.1) is 0 Å². The van der Waals surface area contributed by atoms with E-state index in [1.54, 1.807) is 17.0 Å². The van der Waals surface area contributed by atoms with Gasteiger partial charge in [-0.3, -0.25) is 4.79 Å². The summed E-state index contributed by atoms with van der Waals surface area (Å²) in [5.41, 5.74) is 0.779. The minimum Gasteiger partial charge on any atom is -0.444 e. The number of likely N-dealkylation sites (tertiary alicyclic amines) is 1. The summed E-state index contributed by atoms with van der Waals surface area (Å²) in [6, 6.07) is 12.6. The Morgan fingerprint density at radius 3 is 2.42 bits per heavy atom. The highest BCUT2D eigenvalue weighted by Gasteiger charge is 2.24. The van der Waals surface area contributed by atoms with Crippen molar-refractivity contribution in [2.24, 2.45) is 0 Å². The first-order chi connectivity index (χ1) is 11.6. The number of furan rings is 1. The van der Waals surface area contributed by atoms with Crippen molar-refractivity contribution in [3.8, 4) is 0 Å². The summed E-state index contributed by atoms with van der Waals surface area (Å²) >= 11 is 3.18. The van der Waals surface area contributed by atoms with E-state index in [0.717, 1.165) is 18.5 Å². The molecule has 1 aromatic heterocycles. The molecule has 2 N–H and O–H groups in total. The fourth-order valence-corrected chi connectivity index (χ4v) is 2.95. The molecule has 0 unspecified atom stereocenters. The number of benzene rings is 1. The molecule has 1 fully saturated rings. The summed E-state index contributed by atoms with van der Waals surface area (Å²) in [7, 11) is 0. The summed E-state index contributed by atoms with van der Waals surface area (Å²) in [6.07, 6.45) is 1.44. The van der Waals surface area contributed by atoms with E-state index in [1.807, 2.05) is 30.3 Å².